The average Bonchev–Trinajstić information content (AvgIpc) is 2.77. The Hall–Kier alpha value is -2.96. The second-order valence-corrected chi connectivity index (χ2v) is 5.70. The van der Waals surface area contributed by atoms with E-state index in [1.54, 1.807) is 24.3 Å². The van der Waals surface area contributed by atoms with Gasteiger partial charge in [0.05, 0.1) is 5.69 Å². The minimum absolute atomic E-state index is 0.0831. The lowest BCUT2D eigenvalue weighted by molar-refractivity contribution is 0.0905. The number of carbonyl (C=O) groups is 3. The summed E-state index contributed by atoms with van der Waals surface area (Å²) in [6.45, 7) is 3.86. The van der Waals surface area contributed by atoms with Gasteiger partial charge in [0.25, 0.3) is 0 Å². The number of hydrogen-bond donors (Lipinski definition) is 0. The van der Waals surface area contributed by atoms with E-state index in [4.69, 9.17) is 0 Å². The number of rotatable bonds is 3. The molecule has 1 heterocycles. The van der Waals surface area contributed by atoms with Crippen LogP contribution in [0.4, 0.5) is 5.69 Å². The second-order valence-electron chi connectivity index (χ2n) is 5.70. The number of ketones is 1. The van der Waals surface area contributed by atoms with E-state index < -0.39 is 23.3 Å². The van der Waals surface area contributed by atoms with Crippen molar-refractivity contribution in [3.63, 3.8) is 0 Å². The van der Waals surface area contributed by atoms with Gasteiger partial charge < -0.3 is 4.90 Å². The molecular weight excluding hydrogens is 310 g/mol. The zero-order chi connectivity index (χ0) is 18.2. The molecule has 7 heteroatoms. The Labute approximate surface area is 139 Å². The minimum atomic E-state index is -0.819. The molecule has 1 aromatic carbocycles. The topological polar surface area (TPSA) is 81.4 Å². The first kappa shape index (κ1) is 17.4. The molecule has 0 aliphatic carbocycles. The number of carbonyl (C=O) groups excluding carboxylic acids is 3. The molecule has 24 heavy (non-hydrogen) atoms. The highest BCUT2D eigenvalue weighted by atomic mass is 16.2. The fourth-order valence-electron chi connectivity index (χ4n) is 2.58. The highest BCUT2D eigenvalue weighted by Crippen LogP contribution is 2.17. The first-order valence-electron chi connectivity index (χ1n) is 7.35. The van der Waals surface area contributed by atoms with Crippen molar-refractivity contribution in [3.8, 4) is 0 Å². The molecule has 2 rings (SSSR count). The summed E-state index contributed by atoms with van der Waals surface area (Å²) in [5, 5.41) is 0. The maximum absolute atomic E-state index is 12.8. The van der Waals surface area contributed by atoms with Crippen LogP contribution >= 0.6 is 0 Å². The smallest absolute Gasteiger partial charge is 0.342 e. The van der Waals surface area contributed by atoms with Crippen molar-refractivity contribution in [1.82, 2.24) is 9.13 Å². The molecule has 0 radical (unpaired) electrons. The lowest BCUT2D eigenvalue weighted by Gasteiger charge is -2.12. The third kappa shape index (κ3) is 2.80. The van der Waals surface area contributed by atoms with Gasteiger partial charge in [-0.2, -0.15) is 0 Å². The van der Waals surface area contributed by atoms with E-state index >= 15 is 0 Å². The molecular formula is C17H19N3O4. The Kier molecular flexibility index (Phi) is 4.54. The van der Waals surface area contributed by atoms with Crippen molar-refractivity contribution in [1.29, 1.82) is 0 Å². The van der Waals surface area contributed by atoms with Crippen LogP contribution in [0.1, 0.15) is 45.2 Å². The standard InChI is InChI=1S/C17H19N3O4/c1-10-15(20(12(3)22)17(24)19(10)11(2)21)16(23)13-6-8-14(9-7-13)18(4)5/h6-9H,1-5H3. The molecule has 0 bridgehead atoms. The van der Waals surface area contributed by atoms with Crippen molar-refractivity contribution in [2.24, 2.45) is 0 Å². The van der Waals surface area contributed by atoms with E-state index in [1.165, 1.54) is 20.8 Å². The summed E-state index contributed by atoms with van der Waals surface area (Å²) in [4.78, 5) is 50.5. The van der Waals surface area contributed by atoms with Gasteiger partial charge in [0, 0.05) is 39.2 Å². The van der Waals surface area contributed by atoms with Crippen molar-refractivity contribution < 1.29 is 14.4 Å². The summed E-state index contributed by atoms with van der Waals surface area (Å²) in [7, 11) is 3.75. The van der Waals surface area contributed by atoms with Crippen molar-refractivity contribution in [2.45, 2.75) is 20.8 Å². The van der Waals surface area contributed by atoms with Crippen LogP contribution in [0.15, 0.2) is 29.1 Å². The van der Waals surface area contributed by atoms with Crippen LogP contribution < -0.4 is 10.6 Å². The number of nitrogens with zero attached hydrogens (tertiary/aromatic N) is 3. The maximum Gasteiger partial charge on any atom is 0.342 e. The molecule has 0 fully saturated rings. The predicted molar refractivity (Wildman–Crippen MR) is 90.2 cm³/mol. The third-order valence-electron chi connectivity index (χ3n) is 3.78. The van der Waals surface area contributed by atoms with Crippen LogP contribution in [0.2, 0.25) is 0 Å². The molecule has 1 aromatic heterocycles. The molecule has 0 saturated heterocycles. The quantitative estimate of drug-likeness (QED) is 0.799. The van der Waals surface area contributed by atoms with Crippen LogP contribution in [0.5, 0.6) is 0 Å². The largest absolute Gasteiger partial charge is 0.378 e. The van der Waals surface area contributed by atoms with Gasteiger partial charge in [-0.1, -0.05) is 0 Å². The molecule has 7 nitrogen and oxygen atoms in total. The lowest BCUT2D eigenvalue weighted by atomic mass is 10.1. The van der Waals surface area contributed by atoms with Gasteiger partial charge in [0.15, 0.2) is 0 Å². The summed E-state index contributed by atoms with van der Waals surface area (Å²) in [5.74, 6) is -1.64. The summed E-state index contributed by atoms with van der Waals surface area (Å²) in [6, 6.07) is 6.77. The highest BCUT2D eigenvalue weighted by molar-refractivity contribution is 6.10. The van der Waals surface area contributed by atoms with Crippen LogP contribution in [-0.2, 0) is 0 Å². The van der Waals surface area contributed by atoms with E-state index in [0.29, 0.717) is 5.56 Å². The average molecular weight is 329 g/mol. The zero-order valence-corrected chi connectivity index (χ0v) is 14.3. The summed E-state index contributed by atoms with van der Waals surface area (Å²) in [5.41, 5.74) is 0.499. The molecule has 0 aliphatic heterocycles. The molecule has 0 spiro atoms. The van der Waals surface area contributed by atoms with E-state index in [9.17, 15) is 19.2 Å². The molecule has 0 aliphatic rings. The van der Waals surface area contributed by atoms with Crippen LogP contribution in [0.3, 0.4) is 0 Å². The zero-order valence-electron chi connectivity index (χ0n) is 14.3. The number of aromatic nitrogens is 2. The Balaban J connectivity index is 2.65. The van der Waals surface area contributed by atoms with Crippen molar-refractivity contribution in [2.75, 3.05) is 19.0 Å². The van der Waals surface area contributed by atoms with Crippen LogP contribution in [0, 0.1) is 6.92 Å². The van der Waals surface area contributed by atoms with E-state index in [2.05, 4.69) is 0 Å². The van der Waals surface area contributed by atoms with Gasteiger partial charge in [0.1, 0.15) is 5.69 Å². The number of imidazole rings is 1. The molecule has 126 valence electrons. The first-order valence-corrected chi connectivity index (χ1v) is 7.35. The fraction of sp³-hybridized carbons (Fsp3) is 0.294. The van der Waals surface area contributed by atoms with E-state index in [1.807, 2.05) is 19.0 Å². The third-order valence-corrected chi connectivity index (χ3v) is 3.78. The minimum Gasteiger partial charge on any atom is -0.378 e. The molecule has 0 N–H and O–H groups in total. The Bertz CT molecular complexity index is 886. The molecule has 0 unspecified atom stereocenters. The Morgan fingerprint density at radius 1 is 0.917 bits per heavy atom. The second kappa shape index (κ2) is 6.27. The lowest BCUT2D eigenvalue weighted by Crippen LogP contribution is -2.31. The number of benzene rings is 1. The highest BCUT2D eigenvalue weighted by Gasteiger charge is 2.27. The number of hydrogen-bond acceptors (Lipinski definition) is 5. The Morgan fingerprint density at radius 2 is 1.42 bits per heavy atom. The fourth-order valence-corrected chi connectivity index (χ4v) is 2.58. The number of anilines is 1. The van der Waals surface area contributed by atoms with Gasteiger partial charge in [0.2, 0.25) is 17.6 Å². The van der Waals surface area contributed by atoms with Gasteiger partial charge >= 0.3 is 5.69 Å². The normalized spacial score (nSPS) is 10.5. The monoisotopic (exact) mass is 329 g/mol. The summed E-state index contributed by atoms with van der Waals surface area (Å²) in [6.07, 6.45) is 0. The van der Waals surface area contributed by atoms with Crippen molar-refractivity contribution in [3.05, 3.63) is 51.7 Å². The SMILES string of the molecule is CC(=O)n1c(C)c(C(=O)c2ccc(N(C)C)cc2)n(C(C)=O)c1=O. The molecule has 2 aromatic rings. The van der Waals surface area contributed by atoms with Gasteiger partial charge in [-0.05, 0) is 31.2 Å². The van der Waals surface area contributed by atoms with E-state index in [0.717, 1.165) is 14.8 Å². The van der Waals surface area contributed by atoms with Gasteiger partial charge in [-0.15, -0.1) is 0 Å². The van der Waals surface area contributed by atoms with Crippen molar-refractivity contribution >= 4 is 23.3 Å². The molecule has 0 amide bonds. The van der Waals surface area contributed by atoms with Crippen LogP contribution in [-0.4, -0.2) is 40.8 Å². The first-order chi connectivity index (χ1) is 11.2. The van der Waals surface area contributed by atoms with Gasteiger partial charge in [-0.25, -0.2) is 13.9 Å². The summed E-state index contributed by atoms with van der Waals surface area (Å²) >= 11 is 0. The van der Waals surface area contributed by atoms with E-state index in [-0.39, 0.29) is 11.4 Å². The van der Waals surface area contributed by atoms with Gasteiger partial charge in [-0.3, -0.25) is 14.4 Å². The molecule has 0 atom stereocenters. The predicted octanol–water partition coefficient (Wildman–Crippen LogP) is 1.58. The maximum atomic E-state index is 12.8. The molecule has 0 saturated carbocycles. The Morgan fingerprint density at radius 3 is 1.83 bits per heavy atom. The summed E-state index contributed by atoms with van der Waals surface area (Å²) < 4.78 is 1.59. The van der Waals surface area contributed by atoms with Crippen LogP contribution in [0.25, 0.3) is 0 Å².